The van der Waals surface area contributed by atoms with Gasteiger partial charge in [-0.25, -0.2) is 0 Å². The number of nitrogens with one attached hydrogen (secondary N) is 1. The fourth-order valence-electron chi connectivity index (χ4n) is 2.14. The van der Waals surface area contributed by atoms with Crippen molar-refractivity contribution in [2.45, 2.75) is 19.8 Å². The molecule has 0 fully saturated rings. The quantitative estimate of drug-likeness (QED) is 0.879. The van der Waals surface area contributed by atoms with Gasteiger partial charge in [0.1, 0.15) is 5.75 Å². The van der Waals surface area contributed by atoms with Crippen LogP contribution < -0.4 is 10.5 Å². The highest BCUT2D eigenvalue weighted by Gasteiger charge is 2.11. The van der Waals surface area contributed by atoms with Crippen molar-refractivity contribution in [3.63, 3.8) is 0 Å². The van der Waals surface area contributed by atoms with Gasteiger partial charge in [0.2, 0.25) is 0 Å². The highest BCUT2D eigenvalue weighted by atomic mass is 35.5. The zero-order chi connectivity index (χ0) is 12.4. The minimum Gasteiger partial charge on any atom is -0.495 e. The van der Waals surface area contributed by atoms with Crippen LogP contribution in [0.25, 0.3) is 10.9 Å². The lowest BCUT2D eigenvalue weighted by atomic mass is 10.1. The molecular formula is C13H17ClN2O. The standard InChI is InChI=1S/C13H17ClN2O/c1-8-9(4-3-5-15)10-6-13(17-2)11(14)7-12(10)16-8/h6-7,16H,3-5,15H2,1-2H3. The van der Waals surface area contributed by atoms with Crippen molar-refractivity contribution in [1.82, 2.24) is 4.98 Å². The number of halogens is 1. The first-order valence-electron chi connectivity index (χ1n) is 5.72. The first kappa shape index (κ1) is 12.3. The number of hydrogen-bond donors (Lipinski definition) is 2. The molecule has 0 atom stereocenters. The molecule has 1 aromatic carbocycles. The van der Waals surface area contributed by atoms with E-state index < -0.39 is 0 Å². The van der Waals surface area contributed by atoms with Crippen molar-refractivity contribution in [2.24, 2.45) is 5.73 Å². The lowest BCUT2D eigenvalue weighted by Gasteiger charge is -2.04. The highest BCUT2D eigenvalue weighted by Crippen LogP contribution is 2.33. The minimum atomic E-state index is 0.631. The topological polar surface area (TPSA) is 51.0 Å². The van der Waals surface area contributed by atoms with Crippen molar-refractivity contribution in [3.8, 4) is 5.75 Å². The maximum Gasteiger partial charge on any atom is 0.138 e. The summed E-state index contributed by atoms with van der Waals surface area (Å²) in [4.78, 5) is 3.35. The fraction of sp³-hybridized carbons (Fsp3) is 0.385. The molecular weight excluding hydrogens is 236 g/mol. The van der Waals surface area contributed by atoms with Crippen LogP contribution in [0, 0.1) is 6.92 Å². The number of aromatic amines is 1. The minimum absolute atomic E-state index is 0.631. The van der Waals surface area contributed by atoms with Crippen LogP contribution in [0.2, 0.25) is 5.02 Å². The molecule has 0 amide bonds. The third-order valence-electron chi connectivity index (χ3n) is 3.02. The van der Waals surface area contributed by atoms with E-state index in [4.69, 9.17) is 22.1 Å². The number of fused-ring (bicyclic) bond motifs is 1. The molecule has 0 aliphatic heterocycles. The second-order valence-electron chi connectivity index (χ2n) is 4.15. The number of methoxy groups -OCH3 is 1. The van der Waals surface area contributed by atoms with E-state index in [1.807, 2.05) is 12.1 Å². The molecule has 0 unspecified atom stereocenters. The average Bonchev–Trinajstić information content (AvgIpc) is 2.60. The number of ether oxygens (including phenoxy) is 1. The predicted molar refractivity (Wildman–Crippen MR) is 72.0 cm³/mol. The van der Waals surface area contributed by atoms with Gasteiger partial charge in [0, 0.05) is 16.6 Å². The van der Waals surface area contributed by atoms with Crippen LogP contribution in [0.1, 0.15) is 17.7 Å². The van der Waals surface area contributed by atoms with Gasteiger partial charge in [-0.05, 0) is 44.0 Å². The Balaban J connectivity index is 2.55. The first-order valence-corrected chi connectivity index (χ1v) is 6.10. The Bertz CT molecular complexity index is 534. The van der Waals surface area contributed by atoms with E-state index in [1.165, 1.54) is 16.6 Å². The van der Waals surface area contributed by atoms with Crippen molar-refractivity contribution in [2.75, 3.05) is 13.7 Å². The molecule has 2 aromatic rings. The zero-order valence-corrected chi connectivity index (χ0v) is 10.9. The maximum atomic E-state index is 6.10. The van der Waals surface area contributed by atoms with Crippen LogP contribution in [-0.4, -0.2) is 18.6 Å². The molecule has 0 aliphatic rings. The summed E-state index contributed by atoms with van der Waals surface area (Å²) in [6.45, 7) is 2.78. The van der Waals surface area contributed by atoms with E-state index in [0.29, 0.717) is 17.3 Å². The lowest BCUT2D eigenvalue weighted by Crippen LogP contribution is -2.00. The summed E-state index contributed by atoms with van der Waals surface area (Å²) >= 11 is 6.10. The van der Waals surface area contributed by atoms with E-state index in [1.54, 1.807) is 7.11 Å². The van der Waals surface area contributed by atoms with Crippen LogP contribution >= 0.6 is 11.6 Å². The smallest absolute Gasteiger partial charge is 0.138 e. The van der Waals surface area contributed by atoms with E-state index in [2.05, 4.69) is 11.9 Å². The Hall–Kier alpha value is -1.19. The summed E-state index contributed by atoms with van der Waals surface area (Å²) in [6, 6.07) is 3.90. The number of H-pyrrole nitrogens is 1. The predicted octanol–water partition coefficient (Wildman–Crippen LogP) is 3.03. The van der Waals surface area contributed by atoms with E-state index >= 15 is 0 Å². The normalized spacial score (nSPS) is 11.1. The Morgan fingerprint density at radius 3 is 2.82 bits per heavy atom. The summed E-state index contributed by atoms with van der Waals surface area (Å²) < 4.78 is 5.25. The second kappa shape index (κ2) is 4.98. The Morgan fingerprint density at radius 2 is 2.18 bits per heavy atom. The summed E-state index contributed by atoms with van der Waals surface area (Å²) in [6.07, 6.45) is 1.96. The van der Waals surface area contributed by atoms with Crippen molar-refractivity contribution in [1.29, 1.82) is 0 Å². The summed E-state index contributed by atoms with van der Waals surface area (Å²) in [7, 11) is 1.63. The zero-order valence-electron chi connectivity index (χ0n) is 10.1. The number of rotatable bonds is 4. The molecule has 0 aliphatic carbocycles. The van der Waals surface area contributed by atoms with E-state index in [0.717, 1.165) is 18.4 Å². The van der Waals surface area contributed by atoms with Gasteiger partial charge in [0.25, 0.3) is 0 Å². The summed E-state index contributed by atoms with van der Waals surface area (Å²) in [5, 5.41) is 1.81. The lowest BCUT2D eigenvalue weighted by molar-refractivity contribution is 0.415. The number of aryl methyl sites for hydroxylation is 2. The molecule has 1 heterocycles. The van der Waals surface area contributed by atoms with Crippen LogP contribution in [0.3, 0.4) is 0 Å². The number of nitrogens with two attached hydrogens (primary N) is 1. The van der Waals surface area contributed by atoms with Gasteiger partial charge in [0.15, 0.2) is 0 Å². The van der Waals surface area contributed by atoms with Crippen molar-refractivity contribution < 1.29 is 4.74 Å². The number of aromatic nitrogens is 1. The first-order chi connectivity index (χ1) is 8.17. The SMILES string of the molecule is COc1cc2c(CCCN)c(C)[nH]c2cc1Cl. The molecule has 4 heteroatoms. The molecule has 92 valence electrons. The largest absolute Gasteiger partial charge is 0.495 e. The van der Waals surface area contributed by atoms with Gasteiger partial charge in [-0.1, -0.05) is 11.6 Å². The average molecular weight is 253 g/mol. The molecule has 0 spiro atoms. The van der Waals surface area contributed by atoms with Crippen LogP contribution in [0.15, 0.2) is 12.1 Å². The van der Waals surface area contributed by atoms with Crippen LogP contribution in [0.5, 0.6) is 5.75 Å². The highest BCUT2D eigenvalue weighted by molar-refractivity contribution is 6.32. The molecule has 0 saturated carbocycles. The third-order valence-corrected chi connectivity index (χ3v) is 3.32. The monoisotopic (exact) mass is 252 g/mol. The van der Waals surface area contributed by atoms with Crippen molar-refractivity contribution in [3.05, 3.63) is 28.4 Å². The molecule has 1 aromatic heterocycles. The number of benzene rings is 1. The molecule has 0 radical (unpaired) electrons. The van der Waals surface area contributed by atoms with Gasteiger partial charge in [-0.15, -0.1) is 0 Å². The summed E-state index contributed by atoms with van der Waals surface area (Å²) in [5.41, 5.74) is 9.10. The second-order valence-corrected chi connectivity index (χ2v) is 4.56. The van der Waals surface area contributed by atoms with Gasteiger partial charge < -0.3 is 15.5 Å². The third kappa shape index (κ3) is 2.26. The molecule has 2 rings (SSSR count). The summed E-state index contributed by atoms with van der Waals surface area (Å²) in [5.74, 6) is 0.715. The molecule has 3 N–H and O–H groups in total. The number of hydrogen-bond acceptors (Lipinski definition) is 2. The van der Waals surface area contributed by atoms with Crippen molar-refractivity contribution >= 4 is 22.5 Å². The molecule has 17 heavy (non-hydrogen) atoms. The van der Waals surface area contributed by atoms with Crippen LogP contribution in [0.4, 0.5) is 0 Å². The Labute approximate surface area is 106 Å². The molecule has 0 saturated heterocycles. The molecule has 3 nitrogen and oxygen atoms in total. The van der Waals surface area contributed by atoms with Crippen LogP contribution in [-0.2, 0) is 6.42 Å². The Kier molecular flexibility index (Phi) is 3.60. The maximum absolute atomic E-state index is 6.10. The van der Waals surface area contributed by atoms with Gasteiger partial charge in [-0.2, -0.15) is 0 Å². The van der Waals surface area contributed by atoms with E-state index in [-0.39, 0.29) is 0 Å². The van der Waals surface area contributed by atoms with Gasteiger partial charge >= 0.3 is 0 Å². The Morgan fingerprint density at radius 1 is 1.41 bits per heavy atom. The van der Waals surface area contributed by atoms with Gasteiger partial charge in [0.05, 0.1) is 12.1 Å². The van der Waals surface area contributed by atoms with E-state index in [9.17, 15) is 0 Å². The van der Waals surface area contributed by atoms with Gasteiger partial charge in [-0.3, -0.25) is 0 Å². The fourth-order valence-corrected chi connectivity index (χ4v) is 2.38. The molecule has 0 bridgehead atoms.